The summed E-state index contributed by atoms with van der Waals surface area (Å²) >= 11 is 1.87. The molecule has 3 nitrogen and oxygen atoms in total. The molecule has 21 heavy (non-hydrogen) atoms. The first-order valence-corrected chi connectivity index (χ1v) is 8.68. The van der Waals surface area contributed by atoms with Crippen molar-refractivity contribution in [2.24, 2.45) is 5.73 Å². The molecule has 0 amide bonds. The van der Waals surface area contributed by atoms with Crippen molar-refractivity contribution in [2.75, 3.05) is 18.0 Å². The first kappa shape index (κ1) is 13.3. The zero-order chi connectivity index (χ0) is 14.2. The Balaban J connectivity index is 1.53. The van der Waals surface area contributed by atoms with E-state index in [0.29, 0.717) is 5.92 Å². The number of hydrogen-bond donors (Lipinski definition) is 1. The summed E-state index contributed by atoms with van der Waals surface area (Å²) in [5, 5.41) is 1.19. The van der Waals surface area contributed by atoms with Crippen LogP contribution in [0.3, 0.4) is 0 Å². The molecule has 1 saturated heterocycles. The van der Waals surface area contributed by atoms with Crippen LogP contribution in [-0.2, 0) is 6.42 Å². The van der Waals surface area contributed by atoms with Crippen LogP contribution in [-0.4, -0.2) is 18.1 Å². The van der Waals surface area contributed by atoms with Crippen LogP contribution in [0.4, 0.5) is 5.13 Å². The summed E-state index contributed by atoms with van der Waals surface area (Å²) < 4.78 is 0. The lowest BCUT2D eigenvalue weighted by molar-refractivity contribution is 0.563. The lowest BCUT2D eigenvalue weighted by Gasteiger charge is -2.16. The van der Waals surface area contributed by atoms with Gasteiger partial charge in [0.25, 0.3) is 0 Å². The molecule has 2 atom stereocenters. The van der Waals surface area contributed by atoms with Crippen molar-refractivity contribution >= 4 is 16.5 Å². The zero-order valence-electron chi connectivity index (χ0n) is 12.2. The molecule has 1 aromatic heterocycles. The summed E-state index contributed by atoms with van der Waals surface area (Å²) in [4.78, 5) is 8.74. The molecule has 1 aliphatic heterocycles. The topological polar surface area (TPSA) is 42.1 Å². The number of anilines is 1. The van der Waals surface area contributed by atoms with Gasteiger partial charge in [-0.3, -0.25) is 0 Å². The van der Waals surface area contributed by atoms with E-state index in [1.165, 1.54) is 34.1 Å². The van der Waals surface area contributed by atoms with Crippen molar-refractivity contribution in [3.05, 3.63) is 46.5 Å². The normalized spacial score (nSPS) is 25.1. The molecular weight excluding hydrogens is 278 g/mol. The molecule has 0 saturated carbocycles. The fourth-order valence-corrected chi connectivity index (χ4v) is 4.71. The third kappa shape index (κ3) is 2.47. The highest BCUT2D eigenvalue weighted by Crippen LogP contribution is 2.38. The average molecular weight is 299 g/mol. The van der Waals surface area contributed by atoms with Gasteiger partial charge in [0.2, 0.25) is 0 Å². The van der Waals surface area contributed by atoms with Crippen LogP contribution in [0.5, 0.6) is 0 Å². The number of rotatable bonds is 2. The maximum Gasteiger partial charge on any atom is 0.185 e. The smallest absolute Gasteiger partial charge is 0.185 e. The van der Waals surface area contributed by atoms with Gasteiger partial charge in [0.1, 0.15) is 0 Å². The van der Waals surface area contributed by atoms with Crippen LogP contribution in [0.1, 0.15) is 47.4 Å². The maximum absolute atomic E-state index is 6.20. The van der Waals surface area contributed by atoms with Gasteiger partial charge in [-0.15, -0.1) is 11.3 Å². The minimum atomic E-state index is 0.159. The molecule has 2 N–H and O–H groups in total. The van der Waals surface area contributed by atoms with Crippen LogP contribution in [0.15, 0.2) is 30.3 Å². The lowest BCUT2D eigenvalue weighted by atomic mass is 9.99. The largest absolute Gasteiger partial charge is 0.347 e. The van der Waals surface area contributed by atoms with Crippen molar-refractivity contribution < 1.29 is 0 Å². The summed E-state index contributed by atoms with van der Waals surface area (Å²) in [6.45, 7) is 2.20. The summed E-state index contributed by atoms with van der Waals surface area (Å²) in [5.41, 5.74) is 8.83. The van der Waals surface area contributed by atoms with Gasteiger partial charge < -0.3 is 10.6 Å². The van der Waals surface area contributed by atoms with Crippen LogP contribution < -0.4 is 10.6 Å². The molecule has 2 unspecified atom stereocenters. The van der Waals surface area contributed by atoms with Crippen LogP contribution in [0.25, 0.3) is 0 Å². The Morgan fingerprint density at radius 1 is 1.19 bits per heavy atom. The van der Waals surface area contributed by atoms with Crippen molar-refractivity contribution in [3.8, 4) is 0 Å². The van der Waals surface area contributed by atoms with E-state index in [4.69, 9.17) is 10.7 Å². The predicted octanol–water partition coefficient (Wildman–Crippen LogP) is 3.47. The fourth-order valence-electron chi connectivity index (χ4n) is 3.51. The second-order valence-corrected chi connectivity index (χ2v) is 7.21. The van der Waals surface area contributed by atoms with E-state index in [2.05, 4.69) is 35.2 Å². The molecule has 2 aromatic rings. The summed E-state index contributed by atoms with van der Waals surface area (Å²) in [7, 11) is 0. The van der Waals surface area contributed by atoms with Crippen LogP contribution >= 0.6 is 11.3 Å². The van der Waals surface area contributed by atoms with E-state index in [-0.39, 0.29) is 6.04 Å². The molecule has 2 heterocycles. The highest BCUT2D eigenvalue weighted by molar-refractivity contribution is 7.15. The number of nitrogens with zero attached hydrogens (tertiary/aromatic N) is 2. The molecule has 1 aromatic carbocycles. The van der Waals surface area contributed by atoms with E-state index in [0.717, 1.165) is 25.9 Å². The summed E-state index contributed by atoms with van der Waals surface area (Å²) in [6, 6.07) is 11.0. The predicted molar refractivity (Wildman–Crippen MR) is 88.0 cm³/mol. The second-order valence-electron chi connectivity index (χ2n) is 6.15. The first-order chi connectivity index (χ1) is 10.3. The SMILES string of the molecule is NC1CCCc2sc(N3CCC(c4ccccc4)C3)nc21. The number of fused-ring (bicyclic) bond motifs is 1. The monoisotopic (exact) mass is 299 g/mol. The van der Waals surface area contributed by atoms with Gasteiger partial charge in [0.05, 0.1) is 5.69 Å². The van der Waals surface area contributed by atoms with E-state index in [9.17, 15) is 0 Å². The highest BCUT2D eigenvalue weighted by Gasteiger charge is 2.28. The van der Waals surface area contributed by atoms with Gasteiger partial charge in [0.15, 0.2) is 5.13 Å². The van der Waals surface area contributed by atoms with Crippen molar-refractivity contribution in [3.63, 3.8) is 0 Å². The Morgan fingerprint density at radius 2 is 2.05 bits per heavy atom. The average Bonchev–Trinajstić information content (AvgIpc) is 3.15. The third-order valence-electron chi connectivity index (χ3n) is 4.72. The van der Waals surface area contributed by atoms with Gasteiger partial charge in [-0.25, -0.2) is 4.98 Å². The molecule has 0 radical (unpaired) electrons. The molecular formula is C17H21N3S. The Labute approximate surface area is 129 Å². The third-order valence-corrected chi connectivity index (χ3v) is 5.91. The Hall–Kier alpha value is -1.39. The van der Waals surface area contributed by atoms with E-state index in [1.807, 2.05) is 11.3 Å². The summed E-state index contributed by atoms with van der Waals surface area (Å²) in [5.74, 6) is 0.640. The minimum absolute atomic E-state index is 0.159. The number of thiazole rings is 1. The standard InChI is InChI=1S/C17H21N3S/c18-14-7-4-8-15-16(14)19-17(21-15)20-10-9-13(11-20)12-5-2-1-3-6-12/h1-3,5-6,13-14H,4,7-11,18H2. The molecule has 4 rings (SSSR count). The van der Waals surface area contributed by atoms with Crippen LogP contribution in [0.2, 0.25) is 0 Å². The van der Waals surface area contributed by atoms with Gasteiger partial charge in [-0.2, -0.15) is 0 Å². The van der Waals surface area contributed by atoms with Crippen LogP contribution in [0, 0.1) is 0 Å². The fraction of sp³-hybridized carbons (Fsp3) is 0.471. The van der Waals surface area contributed by atoms with Crippen molar-refractivity contribution in [2.45, 2.75) is 37.6 Å². The van der Waals surface area contributed by atoms with Crippen molar-refractivity contribution in [1.29, 1.82) is 0 Å². The zero-order valence-corrected chi connectivity index (χ0v) is 13.0. The van der Waals surface area contributed by atoms with Gasteiger partial charge in [-0.05, 0) is 31.2 Å². The first-order valence-electron chi connectivity index (χ1n) is 7.86. The maximum atomic E-state index is 6.20. The van der Waals surface area contributed by atoms with E-state index >= 15 is 0 Å². The lowest BCUT2D eigenvalue weighted by Crippen LogP contribution is -2.20. The molecule has 110 valence electrons. The Bertz CT molecular complexity index is 622. The molecule has 0 bridgehead atoms. The van der Waals surface area contributed by atoms with E-state index in [1.54, 1.807) is 0 Å². The van der Waals surface area contributed by atoms with Gasteiger partial charge in [-0.1, -0.05) is 30.3 Å². The second kappa shape index (κ2) is 5.43. The highest BCUT2D eigenvalue weighted by atomic mass is 32.1. The van der Waals surface area contributed by atoms with Gasteiger partial charge in [0, 0.05) is 29.9 Å². The molecule has 1 fully saturated rings. The Kier molecular flexibility index (Phi) is 3.43. The summed E-state index contributed by atoms with van der Waals surface area (Å²) in [6.07, 6.45) is 4.68. The number of aromatic nitrogens is 1. The van der Waals surface area contributed by atoms with E-state index < -0.39 is 0 Å². The molecule has 1 aliphatic carbocycles. The number of hydrogen-bond acceptors (Lipinski definition) is 4. The Morgan fingerprint density at radius 3 is 2.86 bits per heavy atom. The quantitative estimate of drug-likeness (QED) is 0.923. The van der Waals surface area contributed by atoms with Crippen molar-refractivity contribution in [1.82, 2.24) is 4.98 Å². The molecule has 0 spiro atoms. The number of benzene rings is 1. The van der Waals surface area contributed by atoms with Gasteiger partial charge >= 0.3 is 0 Å². The minimum Gasteiger partial charge on any atom is -0.347 e. The molecule has 2 aliphatic rings. The number of nitrogens with two attached hydrogens (primary N) is 1. The number of aryl methyl sites for hydroxylation is 1. The molecule has 4 heteroatoms.